The number of amides is 1. The number of ether oxygens (including phenoxy) is 1. The molecular weight excluding hydrogens is 313 g/mol. The van der Waals surface area contributed by atoms with Crippen LogP contribution < -0.4 is 9.46 Å². The Bertz CT molecular complexity index is 791. The number of carbonyl (C=O) groups excluding carboxylic acids is 1. The minimum absolute atomic E-state index is 0.0532. The maximum absolute atomic E-state index is 12.8. The van der Waals surface area contributed by atoms with Gasteiger partial charge in [-0.25, -0.2) is 22.2 Å². The number of carbonyl (C=O) groups is 1. The third kappa shape index (κ3) is 2.80. The molecule has 1 aliphatic rings. The monoisotopic (exact) mass is 325 g/mol. The predicted octanol–water partition coefficient (Wildman–Crippen LogP) is 0.923. The molecule has 1 aliphatic heterocycles. The summed E-state index contributed by atoms with van der Waals surface area (Å²) in [6, 6.07) is 5.54. The zero-order valence-corrected chi connectivity index (χ0v) is 12.1. The molecule has 9 heteroatoms. The fourth-order valence-corrected chi connectivity index (χ4v) is 2.99. The SMILES string of the molecule is O=C(NS(=O)(=O)c1ccc(F)cc1)c1cc2n(n1)CCCO2. The molecule has 1 amide bonds. The molecule has 22 heavy (non-hydrogen) atoms. The van der Waals surface area contributed by atoms with E-state index in [9.17, 15) is 17.6 Å². The minimum Gasteiger partial charge on any atom is -0.478 e. The van der Waals surface area contributed by atoms with E-state index in [0.717, 1.165) is 30.7 Å². The molecule has 0 spiro atoms. The van der Waals surface area contributed by atoms with Crippen LogP contribution in [0.5, 0.6) is 5.88 Å². The van der Waals surface area contributed by atoms with Gasteiger partial charge in [-0.3, -0.25) is 4.79 Å². The highest BCUT2D eigenvalue weighted by molar-refractivity contribution is 7.90. The van der Waals surface area contributed by atoms with Crippen molar-refractivity contribution in [2.45, 2.75) is 17.9 Å². The van der Waals surface area contributed by atoms with E-state index in [-0.39, 0.29) is 10.6 Å². The van der Waals surface area contributed by atoms with Gasteiger partial charge in [0, 0.05) is 19.0 Å². The number of rotatable bonds is 3. The third-order valence-electron chi connectivity index (χ3n) is 3.09. The highest BCUT2D eigenvalue weighted by Crippen LogP contribution is 2.18. The van der Waals surface area contributed by atoms with E-state index in [1.165, 1.54) is 10.7 Å². The zero-order chi connectivity index (χ0) is 15.7. The highest BCUT2D eigenvalue weighted by Gasteiger charge is 2.23. The van der Waals surface area contributed by atoms with Crippen molar-refractivity contribution < 1.29 is 22.3 Å². The minimum atomic E-state index is -4.08. The summed E-state index contributed by atoms with van der Waals surface area (Å²) in [6.07, 6.45) is 0.767. The lowest BCUT2D eigenvalue weighted by atomic mass is 10.4. The first-order valence-electron chi connectivity index (χ1n) is 6.49. The maximum Gasteiger partial charge on any atom is 0.285 e. The van der Waals surface area contributed by atoms with Gasteiger partial charge in [-0.2, -0.15) is 5.10 Å². The average Bonchev–Trinajstić information content (AvgIpc) is 2.91. The number of fused-ring (bicyclic) bond motifs is 1. The predicted molar refractivity (Wildman–Crippen MR) is 73.4 cm³/mol. The topological polar surface area (TPSA) is 90.3 Å². The van der Waals surface area contributed by atoms with Crippen LogP contribution in [0.1, 0.15) is 16.9 Å². The molecule has 1 N–H and O–H groups in total. The number of sulfonamides is 1. The number of benzene rings is 1. The van der Waals surface area contributed by atoms with E-state index in [4.69, 9.17) is 4.74 Å². The molecule has 1 aromatic heterocycles. The van der Waals surface area contributed by atoms with Crippen molar-refractivity contribution in [2.24, 2.45) is 0 Å². The van der Waals surface area contributed by atoms with Gasteiger partial charge < -0.3 is 4.74 Å². The van der Waals surface area contributed by atoms with Gasteiger partial charge >= 0.3 is 0 Å². The second-order valence-electron chi connectivity index (χ2n) is 4.68. The van der Waals surface area contributed by atoms with Crippen molar-refractivity contribution in [3.8, 4) is 5.88 Å². The first-order chi connectivity index (χ1) is 10.5. The van der Waals surface area contributed by atoms with Crippen LogP contribution in [0.25, 0.3) is 0 Å². The molecule has 0 fully saturated rings. The van der Waals surface area contributed by atoms with E-state index >= 15 is 0 Å². The normalized spacial score (nSPS) is 14.0. The van der Waals surface area contributed by atoms with Crippen LogP contribution in [0, 0.1) is 5.82 Å². The van der Waals surface area contributed by atoms with Gasteiger partial charge in [-0.15, -0.1) is 0 Å². The summed E-state index contributed by atoms with van der Waals surface area (Å²) in [5, 5.41) is 4.00. The summed E-state index contributed by atoms with van der Waals surface area (Å²) in [5.41, 5.74) is -0.0532. The van der Waals surface area contributed by atoms with Crippen LogP contribution in [0.4, 0.5) is 4.39 Å². The van der Waals surface area contributed by atoms with Crippen LogP contribution in [0.3, 0.4) is 0 Å². The molecule has 0 bridgehead atoms. The molecule has 116 valence electrons. The van der Waals surface area contributed by atoms with Crippen molar-refractivity contribution in [2.75, 3.05) is 6.61 Å². The Labute approximate surface area is 125 Å². The standard InChI is InChI=1S/C13H12FN3O4S/c14-9-2-4-10(5-3-9)22(19,20)16-13(18)11-8-12-17(15-11)6-1-7-21-12/h2-5,8H,1,6-7H2,(H,16,18). The Balaban J connectivity index is 1.81. The molecule has 7 nitrogen and oxygen atoms in total. The highest BCUT2D eigenvalue weighted by atomic mass is 32.2. The number of aromatic nitrogens is 2. The van der Waals surface area contributed by atoms with Crippen LogP contribution in [0.2, 0.25) is 0 Å². The molecule has 1 aromatic carbocycles. The lowest BCUT2D eigenvalue weighted by Crippen LogP contribution is -2.31. The Morgan fingerprint density at radius 2 is 2.05 bits per heavy atom. The molecule has 0 aliphatic carbocycles. The van der Waals surface area contributed by atoms with Gasteiger partial charge in [-0.05, 0) is 24.3 Å². The van der Waals surface area contributed by atoms with Gasteiger partial charge in [-0.1, -0.05) is 0 Å². The molecule has 0 saturated carbocycles. The second kappa shape index (κ2) is 5.41. The molecule has 0 atom stereocenters. The van der Waals surface area contributed by atoms with Crippen molar-refractivity contribution in [1.29, 1.82) is 0 Å². The fraction of sp³-hybridized carbons (Fsp3) is 0.231. The molecule has 2 heterocycles. The van der Waals surface area contributed by atoms with Crippen LogP contribution in [-0.2, 0) is 16.6 Å². The van der Waals surface area contributed by atoms with E-state index in [1.807, 2.05) is 4.72 Å². The molecule has 0 unspecified atom stereocenters. The summed E-state index contributed by atoms with van der Waals surface area (Å²) in [6.45, 7) is 1.13. The van der Waals surface area contributed by atoms with Gasteiger partial charge in [0.1, 0.15) is 5.82 Å². The summed E-state index contributed by atoms with van der Waals surface area (Å²) in [7, 11) is -4.08. The van der Waals surface area contributed by atoms with Crippen molar-refractivity contribution in [1.82, 2.24) is 14.5 Å². The number of hydrogen-bond acceptors (Lipinski definition) is 5. The quantitative estimate of drug-likeness (QED) is 0.906. The Kier molecular flexibility index (Phi) is 3.57. The number of aryl methyl sites for hydroxylation is 1. The van der Waals surface area contributed by atoms with E-state index in [0.29, 0.717) is 19.0 Å². The van der Waals surface area contributed by atoms with E-state index < -0.39 is 21.7 Å². The first kappa shape index (κ1) is 14.5. The Morgan fingerprint density at radius 1 is 1.32 bits per heavy atom. The first-order valence-corrected chi connectivity index (χ1v) is 7.97. The summed E-state index contributed by atoms with van der Waals surface area (Å²) >= 11 is 0. The fourth-order valence-electron chi connectivity index (χ4n) is 2.03. The van der Waals surface area contributed by atoms with Crippen molar-refractivity contribution in [3.05, 3.63) is 41.8 Å². The average molecular weight is 325 g/mol. The lowest BCUT2D eigenvalue weighted by Gasteiger charge is -2.13. The van der Waals surface area contributed by atoms with E-state index in [1.54, 1.807) is 0 Å². The van der Waals surface area contributed by atoms with Gasteiger partial charge in [0.25, 0.3) is 15.9 Å². The smallest absolute Gasteiger partial charge is 0.285 e. The maximum atomic E-state index is 12.8. The van der Waals surface area contributed by atoms with Crippen LogP contribution in [0.15, 0.2) is 35.2 Å². The van der Waals surface area contributed by atoms with Gasteiger partial charge in [0.05, 0.1) is 11.5 Å². The third-order valence-corrected chi connectivity index (χ3v) is 4.44. The number of hydrogen-bond donors (Lipinski definition) is 1. The summed E-state index contributed by atoms with van der Waals surface area (Å²) in [5.74, 6) is -1.00. The van der Waals surface area contributed by atoms with Crippen molar-refractivity contribution >= 4 is 15.9 Å². The Morgan fingerprint density at radius 3 is 2.73 bits per heavy atom. The number of halogens is 1. The second-order valence-corrected chi connectivity index (χ2v) is 6.36. The summed E-state index contributed by atoms with van der Waals surface area (Å²) < 4.78 is 45.6. The molecule has 2 aromatic rings. The largest absolute Gasteiger partial charge is 0.478 e. The van der Waals surface area contributed by atoms with Crippen LogP contribution in [-0.4, -0.2) is 30.7 Å². The lowest BCUT2D eigenvalue weighted by molar-refractivity contribution is 0.0975. The molecule has 0 radical (unpaired) electrons. The Hall–Kier alpha value is -2.42. The summed E-state index contributed by atoms with van der Waals surface area (Å²) in [4.78, 5) is 11.8. The zero-order valence-electron chi connectivity index (χ0n) is 11.3. The molecule has 0 saturated heterocycles. The number of nitrogens with one attached hydrogen (secondary N) is 1. The van der Waals surface area contributed by atoms with E-state index in [2.05, 4.69) is 5.10 Å². The molecule has 3 rings (SSSR count). The number of nitrogens with zero attached hydrogens (tertiary/aromatic N) is 2. The van der Waals surface area contributed by atoms with Gasteiger partial charge in [0.15, 0.2) is 5.69 Å². The van der Waals surface area contributed by atoms with Crippen molar-refractivity contribution in [3.63, 3.8) is 0 Å². The van der Waals surface area contributed by atoms with Gasteiger partial charge in [0.2, 0.25) is 5.88 Å². The van der Waals surface area contributed by atoms with Crippen LogP contribution >= 0.6 is 0 Å². The molecular formula is C13H12FN3O4S.